The molecule has 1 aliphatic heterocycles. The lowest BCUT2D eigenvalue weighted by Gasteiger charge is -2.24. The number of phenolic OH excluding ortho intramolecular Hbond substituents is 1. The van der Waals surface area contributed by atoms with Gasteiger partial charge in [-0.2, -0.15) is 0 Å². The Morgan fingerprint density at radius 2 is 1.85 bits per heavy atom. The molecular weight excluding hydrogens is 526 g/mol. The molecule has 40 heavy (non-hydrogen) atoms. The van der Waals surface area contributed by atoms with E-state index in [1.807, 2.05) is 74.2 Å². The highest BCUT2D eigenvalue weighted by molar-refractivity contribution is 7.16. The number of aromatic hydroxyl groups is 1. The van der Waals surface area contributed by atoms with Gasteiger partial charge >= 0.3 is 6.09 Å². The van der Waals surface area contributed by atoms with Crippen molar-refractivity contribution in [2.45, 2.75) is 46.3 Å². The first kappa shape index (κ1) is 29.0. The van der Waals surface area contributed by atoms with Crippen LogP contribution in [0.25, 0.3) is 10.2 Å². The SMILES string of the molecule is CC1CCN(C(=O)OC(C)(C)C)C1.Cn1c(C(=O)Nc2ccccc2COc2ccc(O)cc2)cc2ccsc21.[HH]. The van der Waals surface area contributed by atoms with Gasteiger partial charge in [0.1, 0.15) is 34.2 Å². The van der Waals surface area contributed by atoms with Crippen molar-refractivity contribution in [1.82, 2.24) is 9.47 Å². The van der Waals surface area contributed by atoms with E-state index in [1.54, 1.807) is 40.5 Å². The Morgan fingerprint density at radius 1 is 1.12 bits per heavy atom. The molecule has 214 valence electrons. The molecule has 1 fully saturated rings. The normalized spacial score (nSPS) is 14.9. The zero-order valence-corrected chi connectivity index (χ0v) is 24.5. The third-order valence-corrected chi connectivity index (χ3v) is 7.44. The van der Waals surface area contributed by atoms with E-state index in [2.05, 4.69) is 12.2 Å². The predicted molar refractivity (Wildman–Crippen MR) is 161 cm³/mol. The van der Waals surface area contributed by atoms with Crippen LogP contribution < -0.4 is 10.1 Å². The van der Waals surface area contributed by atoms with Gasteiger partial charge in [0, 0.05) is 38.2 Å². The fraction of sp³-hybridized carbons (Fsp3) is 0.355. The van der Waals surface area contributed by atoms with E-state index < -0.39 is 0 Å². The Bertz CT molecular complexity index is 1460. The van der Waals surface area contributed by atoms with Crippen LogP contribution in [0.5, 0.6) is 11.5 Å². The minimum absolute atomic E-state index is 0. The van der Waals surface area contributed by atoms with E-state index in [0.717, 1.165) is 35.3 Å². The molecule has 0 saturated carbocycles. The number of ether oxygens (including phenoxy) is 2. The molecule has 2 aromatic heterocycles. The van der Waals surface area contributed by atoms with Crippen LogP contribution in [0.1, 0.15) is 51.6 Å². The van der Waals surface area contributed by atoms with Crippen LogP contribution in [0, 0.1) is 5.92 Å². The molecule has 1 saturated heterocycles. The van der Waals surface area contributed by atoms with Gasteiger partial charge in [0.05, 0.1) is 0 Å². The largest absolute Gasteiger partial charge is 0.508 e. The van der Waals surface area contributed by atoms with Gasteiger partial charge in [0.2, 0.25) is 0 Å². The van der Waals surface area contributed by atoms with Crippen molar-refractivity contribution in [3.63, 3.8) is 0 Å². The van der Waals surface area contributed by atoms with E-state index in [4.69, 9.17) is 9.47 Å². The number of rotatable bonds is 5. The number of benzene rings is 2. The number of hydrogen-bond acceptors (Lipinski definition) is 6. The lowest BCUT2D eigenvalue weighted by atomic mass is 10.2. The van der Waals surface area contributed by atoms with Crippen molar-refractivity contribution >= 4 is 39.2 Å². The van der Waals surface area contributed by atoms with Crippen LogP contribution in [-0.4, -0.2) is 45.3 Å². The summed E-state index contributed by atoms with van der Waals surface area (Å²) < 4.78 is 12.9. The summed E-state index contributed by atoms with van der Waals surface area (Å²) in [4.78, 5) is 27.1. The Balaban J connectivity index is 0.000000280. The van der Waals surface area contributed by atoms with Crippen molar-refractivity contribution in [3.05, 3.63) is 77.3 Å². The minimum Gasteiger partial charge on any atom is -0.508 e. The Hall–Kier alpha value is -3.98. The number of para-hydroxylation sites is 1. The lowest BCUT2D eigenvalue weighted by Crippen LogP contribution is -2.35. The van der Waals surface area contributed by atoms with E-state index in [-0.39, 0.29) is 24.8 Å². The van der Waals surface area contributed by atoms with Gasteiger partial charge in [-0.1, -0.05) is 25.1 Å². The zero-order valence-electron chi connectivity index (χ0n) is 23.6. The second kappa shape index (κ2) is 12.5. The molecular formula is C31H39N3O5S. The number of nitrogens with one attached hydrogen (secondary N) is 1. The first-order valence-electron chi connectivity index (χ1n) is 13.3. The van der Waals surface area contributed by atoms with Crippen molar-refractivity contribution in [2.24, 2.45) is 13.0 Å². The van der Waals surface area contributed by atoms with Gasteiger partial charge in [-0.05, 0) is 81.0 Å². The van der Waals surface area contributed by atoms with Gasteiger partial charge in [-0.25, -0.2) is 4.79 Å². The zero-order chi connectivity index (χ0) is 28.9. The number of likely N-dealkylation sites (tertiary alicyclic amines) is 1. The molecule has 5 rings (SSSR count). The van der Waals surface area contributed by atoms with Crippen molar-refractivity contribution in [3.8, 4) is 11.5 Å². The van der Waals surface area contributed by atoms with Crippen molar-refractivity contribution < 1.29 is 25.6 Å². The van der Waals surface area contributed by atoms with E-state index in [9.17, 15) is 14.7 Å². The van der Waals surface area contributed by atoms with Gasteiger partial charge < -0.3 is 29.4 Å². The Morgan fingerprint density at radius 3 is 2.50 bits per heavy atom. The highest BCUT2D eigenvalue weighted by atomic mass is 32.1. The van der Waals surface area contributed by atoms with Crippen LogP contribution in [-0.2, 0) is 18.4 Å². The van der Waals surface area contributed by atoms with Crippen LogP contribution in [0.3, 0.4) is 0 Å². The molecule has 0 radical (unpaired) electrons. The first-order chi connectivity index (χ1) is 19.0. The molecule has 2 amide bonds. The topological polar surface area (TPSA) is 93.0 Å². The first-order valence-corrected chi connectivity index (χ1v) is 14.2. The number of thiophene rings is 1. The second-order valence-corrected chi connectivity index (χ2v) is 11.9. The van der Waals surface area contributed by atoms with Crippen LogP contribution in [0.4, 0.5) is 10.5 Å². The number of anilines is 1. The quantitative estimate of drug-likeness (QED) is 0.265. The van der Waals surface area contributed by atoms with Crippen LogP contribution >= 0.6 is 11.3 Å². The summed E-state index contributed by atoms with van der Waals surface area (Å²) in [6.45, 7) is 9.83. The maximum absolute atomic E-state index is 12.8. The monoisotopic (exact) mass is 565 g/mol. The summed E-state index contributed by atoms with van der Waals surface area (Å²) in [7, 11) is 1.90. The molecule has 2 aromatic carbocycles. The number of amides is 2. The van der Waals surface area contributed by atoms with Crippen LogP contribution in [0.2, 0.25) is 0 Å². The average molecular weight is 566 g/mol. The van der Waals surface area contributed by atoms with Crippen LogP contribution in [0.15, 0.2) is 66.0 Å². The fourth-order valence-electron chi connectivity index (χ4n) is 4.35. The number of hydrogen-bond donors (Lipinski definition) is 2. The number of nitrogens with zero attached hydrogens (tertiary/aromatic N) is 2. The molecule has 0 aliphatic carbocycles. The van der Waals surface area contributed by atoms with Gasteiger partial charge in [-0.3, -0.25) is 4.79 Å². The molecule has 3 heterocycles. The maximum Gasteiger partial charge on any atom is 0.410 e. The minimum atomic E-state index is -0.372. The highest BCUT2D eigenvalue weighted by Crippen LogP contribution is 2.26. The molecule has 1 atom stereocenters. The molecule has 0 spiro atoms. The van der Waals surface area contributed by atoms with Gasteiger partial charge in [0.25, 0.3) is 5.91 Å². The van der Waals surface area contributed by atoms with Gasteiger partial charge in [-0.15, -0.1) is 11.3 Å². The number of carbonyl (C=O) groups excluding carboxylic acids is 2. The smallest absolute Gasteiger partial charge is 0.410 e. The number of carbonyl (C=O) groups is 2. The average Bonchev–Trinajstić information content (AvgIpc) is 3.62. The summed E-state index contributed by atoms with van der Waals surface area (Å²) in [6.07, 6.45) is 0.927. The van der Waals surface area contributed by atoms with E-state index in [1.165, 1.54) is 0 Å². The third-order valence-electron chi connectivity index (χ3n) is 6.44. The maximum atomic E-state index is 12.8. The Labute approximate surface area is 240 Å². The summed E-state index contributed by atoms with van der Waals surface area (Å²) in [5, 5.41) is 15.4. The summed E-state index contributed by atoms with van der Waals surface area (Å²) in [5.74, 6) is 1.31. The fourth-order valence-corrected chi connectivity index (χ4v) is 5.21. The van der Waals surface area contributed by atoms with E-state index in [0.29, 0.717) is 29.7 Å². The van der Waals surface area contributed by atoms with E-state index >= 15 is 0 Å². The summed E-state index contributed by atoms with van der Waals surface area (Å²) >= 11 is 1.61. The Kier molecular flexibility index (Phi) is 9.04. The molecule has 2 N–H and O–H groups in total. The number of fused-ring (bicyclic) bond motifs is 1. The predicted octanol–water partition coefficient (Wildman–Crippen LogP) is 7.29. The highest BCUT2D eigenvalue weighted by Gasteiger charge is 2.27. The van der Waals surface area contributed by atoms with Gasteiger partial charge in [0.15, 0.2) is 0 Å². The summed E-state index contributed by atoms with van der Waals surface area (Å²) in [6, 6.07) is 18.0. The standard InChI is InChI=1S/C21H18N2O3S.C10H19NO2.H2/c1-23-19(12-14-10-11-27-21(14)23)20(25)22-18-5-3-2-4-15(18)13-26-17-8-6-16(24)7-9-17;1-8-5-6-11(7-8)9(12)13-10(2,3)4;/h2-12,24H,13H2,1H3,(H,22,25);8H,5-7H2,1-4H3;1H. The third kappa shape index (κ3) is 7.57. The number of aromatic nitrogens is 1. The second-order valence-electron chi connectivity index (χ2n) is 11.0. The molecule has 8 nitrogen and oxygen atoms in total. The number of aryl methyl sites for hydroxylation is 1. The molecule has 4 aromatic rings. The number of phenols is 1. The summed E-state index contributed by atoms with van der Waals surface area (Å²) in [5.41, 5.74) is 1.83. The molecule has 9 heteroatoms. The van der Waals surface area contributed by atoms with Crippen molar-refractivity contribution in [2.75, 3.05) is 18.4 Å². The molecule has 0 bridgehead atoms. The molecule has 1 unspecified atom stereocenters. The molecule has 1 aliphatic rings. The lowest BCUT2D eigenvalue weighted by molar-refractivity contribution is 0.0289. The van der Waals surface area contributed by atoms with Crippen molar-refractivity contribution in [1.29, 1.82) is 0 Å².